The first-order chi connectivity index (χ1) is 6.88. The normalized spacial score (nSPS) is 27.0. The van der Waals surface area contributed by atoms with E-state index in [0.717, 1.165) is 0 Å². The molecule has 0 atom stereocenters. The Morgan fingerprint density at radius 1 is 0.643 bits per heavy atom. The molecule has 2 saturated carbocycles. The molecule has 0 aromatic heterocycles. The van der Waals surface area contributed by atoms with E-state index < -0.39 is 9.13 Å². The lowest BCUT2D eigenvalue weighted by atomic mass is 9.99. The van der Waals surface area contributed by atoms with E-state index in [2.05, 4.69) is 0 Å². The maximum absolute atomic E-state index is 14.3. The second-order valence-electron chi connectivity index (χ2n) is 5.05. The highest BCUT2D eigenvalue weighted by Crippen LogP contribution is 2.41. The van der Waals surface area contributed by atoms with Gasteiger partial charge in [0.1, 0.15) is 0 Å². The van der Waals surface area contributed by atoms with Gasteiger partial charge in [0.15, 0.2) is 0 Å². The summed E-state index contributed by atoms with van der Waals surface area (Å²) in [5, 5.41) is 0. The smallest absolute Gasteiger partial charge is 0.277 e. The summed E-state index contributed by atoms with van der Waals surface area (Å²) in [4.78, 5) is 0. The van der Waals surface area contributed by atoms with Crippen LogP contribution in [0.15, 0.2) is 0 Å². The highest BCUT2D eigenvalue weighted by Gasteiger charge is 2.34. The van der Waals surface area contributed by atoms with Gasteiger partial charge in [-0.15, -0.1) is 0 Å². The molecule has 2 rings (SSSR count). The van der Waals surface area contributed by atoms with Crippen molar-refractivity contribution in [2.45, 2.75) is 75.3 Å². The second kappa shape index (κ2) is 5.29. The zero-order chi connectivity index (χ0) is 9.80. The van der Waals surface area contributed by atoms with Crippen LogP contribution in [0.3, 0.4) is 0 Å². The zero-order valence-corrected chi connectivity index (χ0v) is 10.1. The third-order valence-corrected chi connectivity index (χ3v) is 6.71. The average Bonchev–Trinajstić information content (AvgIpc) is 2.30. The van der Waals surface area contributed by atoms with Crippen molar-refractivity contribution in [3.63, 3.8) is 0 Å². The second-order valence-corrected chi connectivity index (χ2v) is 7.46. The fourth-order valence-electron chi connectivity index (χ4n) is 3.09. The van der Waals surface area contributed by atoms with Crippen LogP contribution in [0.1, 0.15) is 64.2 Å². The van der Waals surface area contributed by atoms with Gasteiger partial charge in [0.05, 0.1) is 0 Å². The molecule has 0 nitrogen and oxygen atoms in total. The number of hydrogen-bond donors (Lipinski definition) is 0. The molecule has 0 bridgehead atoms. The molecular formula is C12H22FSi. The summed E-state index contributed by atoms with van der Waals surface area (Å²) in [6.45, 7) is 0. The molecule has 2 aliphatic carbocycles. The number of halogens is 1. The molecule has 0 spiro atoms. The van der Waals surface area contributed by atoms with Gasteiger partial charge >= 0.3 is 0 Å². The SMILES string of the molecule is F[Si](C1CCCCC1)C1CCCCC1. The minimum Gasteiger partial charge on any atom is -0.314 e. The standard InChI is InChI=1S/C12H22FSi/c13-14(11-7-3-1-4-8-11)12-9-5-2-6-10-12/h11-12H,1-10H2. The lowest BCUT2D eigenvalue weighted by Gasteiger charge is -2.30. The Kier molecular flexibility index (Phi) is 4.03. The Labute approximate surface area is 89.1 Å². The van der Waals surface area contributed by atoms with Crippen molar-refractivity contribution in [3.05, 3.63) is 0 Å². The molecule has 0 aromatic rings. The van der Waals surface area contributed by atoms with Gasteiger partial charge in [0.25, 0.3) is 9.13 Å². The van der Waals surface area contributed by atoms with Crippen LogP contribution >= 0.6 is 0 Å². The topological polar surface area (TPSA) is 0 Å². The molecule has 14 heavy (non-hydrogen) atoms. The fourth-order valence-corrected chi connectivity index (χ4v) is 5.68. The van der Waals surface area contributed by atoms with Crippen LogP contribution in [0.25, 0.3) is 0 Å². The van der Waals surface area contributed by atoms with Crippen LogP contribution in [0.4, 0.5) is 4.11 Å². The molecule has 0 amide bonds. The number of hydrogen-bond acceptors (Lipinski definition) is 0. The van der Waals surface area contributed by atoms with E-state index in [1.807, 2.05) is 0 Å². The molecule has 2 fully saturated rings. The van der Waals surface area contributed by atoms with Gasteiger partial charge in [-0.1, -0.05) is 64.2 Å². The largest absolute Gasteiger partial charge is 0.314 e. The minimum atomic E-state index is -1.49. The summed E-state index contributed by atoms with van der Waals surface area (Å²) >= 11 is 0. The van der Waals surface area contributed by atoms with E-state index in [4.69, 9.17) is 0 Å². The summed E-state index contributed by atoms with van der Waals surface area (Å²) in [5.74, 6) is 0. The average molecular weight is 213 g/mol. The van der Waals surface area contributed by atoms with Crippen molar-refractivity contribution >= 4 is 9.13 Å². The molecule has 0 heterocycles. The summed E-state index contributed by atoms with van der Waals surface area (Å²) in [6, 6.07) is 0. The fraction of sp³-hybridized carbons (Fsp3) is 1.00. The molecule has 0 aromatic carbocycles. The molecule has 0 aliphatic heterocycles. The van der Waals surface area contributed by atoms with Gasteiger partial charge in [-0.25, -0.2) is 0 Å². The molecule has 2 aliphatic rings. The molecule has 2 heteroatoms. The van der Waals surface area contributed by atoms with Crippen LogP contribution in [0.5, 0.6) is 0 Å². The zero-order valence-electron chi connectivity index (χ0n) is 9.10. The van der Waals surface area contributed by atoms with Crippen molar-refractivity contribution < 1.29 is 4.11 Å². The van der Waals surface area contributed by atoms with Crippen LogP contribution in [0.2, 0.25) is 11.1 Å². The summed E-state index contributed by atoms with van der Waals surface area (Å²) in [5.41, 5.74) is 1.05. The molecule has 0 saturated heterocycles. The Balaban J connectivity index is 1.82. The van der Waals surface area contributed by atoms with Crippen LogP contribution in [0, 0.1) is 0 Å². The quantitative estimate of drug-likeness (QED) is 0.464. The molecule has 81 valence electrons. The van der Waals surface area contributed by atoms with Gasteiger partial charge in [0.2, 0.25) is 0 Å². The van der Waals surface area contributed by atoms with Gasteiger partial charge in [0, 0.05) is 0 Å². The van der Waals surface area contributed by atoms with Gasteiger partial charge in [-0.2, -0.15) is 0 Å². The third-order valence-electron chi connectivity index (χ3n) is 3.99. The predicted octanol–water partition coefficient (Wildman–Crippen LogP) is 4.62. The lowest BCUT2D eigenvalue weighted by Crippen LogP contribution is -2.25. The molecular weight excluding hydrogens is 191 g/mol. The van der Waals surface area contributed by atoms with Crippen LogP contribution < -0.4 is 0 Å². The Morgan fingerprint density at radius 2 is 1.00 bits per heavy atom. The summed E-state index contributed by atoms with van der Waals surface area (Å²) in [7, 11) is -1.49. The molecule has 1 radical (unpaired) electrons. The van der Waals surface area contributed by atoms with E-state index in [1.54, 1.807) is 0 Å². The monoisotopic (exact) mass is 213 g/mol. The Morgan fingerprint density at radius 3 is 1.36 bits per heavy atom. The van der Waals surface area contributed by atoms with Gasteiger partial charge < -0.3 is 4.11 Å². The predicted molar refractivity (Wildman–Crippen MR) is 60.5 cm³/mol. The van der Waals surface area contributed by atoms with Crippen molar-refractivity contribution in [2.24, 2.45) is 0 Å². The van der Waals surface area contributed by atoms with E-state index in [0.29, 0.717) is 11.1 Å². The Hall–Kier alpha value is 0.147. The third kappa shape index (κ3) is 2.59. The van der Waals surface area contributed by atoms with E-state index >= 15 is 0 Å². The van der Waals surface area contributed by atoms with Crippen molar-refractivity contribution in [1.82, 2.24) is 0 Å². The van der Waals surface area contributed by atoms with Crippen molar-refractivity contribution in [1.29, 1.82) is 0 Å². The minimum absolute atomic E-state index is 0.525. The van der Waals surface area contributed by atoms with E-state index in [-0.39, 0.29) is 0 Å². The Bertz CT molecular complexity index is 142. The first-order valence-electron chi connectivity index (χ1n) is 6.40. The van der Waals surface area contributed by atoms with E-state index in [1.165, 1.54) is 64.2 Å². The molecule has 0 unspecified atom stereocenters. The highest BCUT2D eigenvalue weighted by molar-refractivity contribution is 6.54. The number of rotatable bonds is 2. The van der Waals surface area contributed by atoms with Crippen LogP contribution in [-0.4, -0.2) is 9.13 Å². The maximum atomic E-state index is 14.3. The summed E-state index contributed by atoms with van der Waals surface area (Å²) < 4.78 is 14.3. The first kappa shape index (κ1) is 10.7. The van der Waals surface area contributed by atoms with Gasteiger partial charge in [-0.3, -0.25) is 0 Å². The van der Waals surface area contributed by atoms with E-state index in [9.17, 15) is 4.11 Å². The highest BCUT2D eigenvalue weighted by atomic mass is 28.3. The summed E-state index contributed by atoms with van der Waals surface area (Å²) in [6.07, 6.45) is 12.8. The van der Waals surface area contributed by atoms with Crippen LogP contribution in [-0.2, 0) is 0 Å². The van der Waals surface area contributed by atoms with Crippen molar-refractivity contribution in [2.75, 3.05) is 0 Å². The first-order valence-corrected chi connectivity index (χ1v) is 7.93. The lowest BCUT2D eigenvalue weighted by molar-refractivity contribution is 0.439. The molecule has 0 N–H and O–H groups in total. The van der Waals surface area contributed by atoms with Gasteiger partial charge in [-0.05, 0) is 11.1 Å². The maximum Gasteiger partial charge on any atom is 0.277 e. The van der Waals surface area contributed by atoms with Crippen molar-refractivity contribution in [3.8, 4) is 0 Å².